The van der Waals surface area contributed by atoms with Crippen LogP contribution in [0.25, 0.3) is 10.8 Å². The molecule has 3 nitrogen and oxygen atoms in total. The highest BCUT2D eigenvalue weighted by Crippen LogP contribution is 2.29. The molecule has 0 aliphatic heterocycles. The molecular weight excluding hydrogens is 310 g/mol. The van der Waals surface area contributed by atoms with Crippen LogP contribution in [0.15, 0.2) is 60.7 Å². The van der Waals surface area contributed by atoms with Crippen molar-refractivity contribution in [1.29, 1.82) is 0 Å². The first-order valence-electron chi connectivity index (χ1n) is 8.67. The topological polar surface area (TPSA) is 30.5 Å². The predicted octanol–water partition coefficient (Wildman–Crippen LogP) is 4.46. The number of methoxy groups -OCH3 is 1. The van der Waals surface area contributed by atoms with Gasteiger partial charge in [0, 0.05) is 25.8 Å². The van der Waals surface area contributed by atoms with Crippen molar-refractivity contribution in [3.05, 3.63) is 77.4 Å². The largest absolute Gasteiger partial charge is 0.489 e. The van der Waals surface area contributed by atoms with Crippen molar-refractivity contribution in [2.45, 2.75) is 20.1 Å². The molecule has 25 heavy (non-hydrogen) atoms. The number of nitrogens with one attached hydrogen (secondary N) is 1. The van der Waals surface area contributed by atoms with Crippen molar-refractivity contribution in [3.63, 3.8) is 0 Å². The number of rotatable bonds is 8. The molecule has 1 N–H and O–H groups in total. The van der Waals surface area contributed by atoms with Gasteiger partial charge in [-0.2, -0.15) is 0 Å². The molecule has 0 aliphatic carbocycles. The second-order valence-corrected chi connectivity index (χ2v) is 6.15. The van der Waals surface area contributed by atoms with Gasteiger partial charge in [0.25, 0.3) is 0 Å². The zero-order chi connectivity index (χ0) is 17.5. The SMILES string of the molecule is COCCNCc1c(OCc2ccccc2C)ccc2ccccc12. The Morgan fingerprint density at radius 2 is 1.72 bits per heavy atom. The van der Waals surface area contributed by atoms with E-state index in [1.807, 2.05) is 0 Å². The normalized spacial score (nSPS) is 11.0. The Kier molecular flexibility index (Phi) is 6.04. The highest BCUT2D eigenvalue weighted by Gasteiger charge is 2.09. The lowest BCUT2D eigenvalue weighted by Crippen LogP contribution is -2.19. The molecular formula is C22H25NO2. The molecule has 0 fully saturated rings. The van der Waals surface area contributed by atoms with Crippen LogP contribution in [-0.4, -0.2) is 20.3 Å². The maximum absolute atomic E-state index is 6.20. The van der Waals surface area contributed by atoms with Gasteiger partial charge in [-0.1, -0.05) is 54.6 Å². The second kappa shape index (κ2) is 8.65. The first-order valence-corrected chi connectivity index (χ1v) is 8.67. The van der Waals surface area contributed by atoms with Crippen LogP contribution in [0.5, 0.6) is 5.75 Å². The molecule has 0 bridgehead atoms. The van der Waals surface area contributed by atoms with Gasteiger partial charge in [-0.15, -0.1) is 0 Å². The van der Waals surface area contributed by atoms with E-state index in [0.717, 1.165) is 18.8 Å². The molecule has 3 aromatic rings. The minimum Gasteiger partial charge on any atom is -0.489 e. The van der Waals surface area contributed by atoms with E-state index in [-0.39, 0.29) is 0 Å². The van der Waals surface area contributed by atoms with Crippen LogP contribution in [0.1, 0.15) is 16.7 Å². The minimum atomic E-state index is 0.579. The van der Waals surface area contributed by atoms with Gasteiger partial charge < -0.3 is 14.8 Å². The number of ether oxygens (including phenoxy) is 2. The Labute approximate surface area is 149 Å². The Morgan fingerprint density at radius 1 is 0.920 bits per heavy atom. The molecule has 0 heterocycles. The molecule has 130 valence electrons. The maximum Gasteiger partial charge on any atom is 0.124 e. The molecule has 3 aromatic carbocycles. The number of fused-ring (bicyclic) bond motifs is 1. The fourth-order valence-electron chi connectivity index (χ4n) is 2.95. The molecule has 0 aromatic heterocycles. The molecule has 0 radical (unpaired) electrons. The highest BCUT2D eigenvalue weighted by molar-refractivity contribution is 5.87. The highest BCUT2D eigenvalue weighted by atomic mass is 16.5. The van der Waals surface area contributed by atoms with E-state index in [1.54, 1.807) is 7.11 Å². The average Bonchev–Trinajstić information content (AvgIpc) is 2.65. The van der Waals surface area contributed by atoms with Crippen LogP contribution in [0.3, 0.4) is 0 Å². The van der Waals surface area contributed by atoms with Crippen molar-refractivity contribution < 1.29 is 9.47 Å². The first kappa shape index (κ1) is 17.5. The van der Waals surface area contributed by atoms with E-state index >= 15 is 0 Å². The van der Waals surface area contributed by atoms with Crippen LogP contribution < -0.4 is 10.1 Å². The van der Waals surface area contributed by atoms with Gasteiger partial charge in [0.1, 0.15) is 12.4 Å². The summed E-state index contributed by atoms with van der Waals surface area (Å²) in [6.45, 7) is 4.97. The summed E-state index contributed by atoms with van der Waals surface area (Å²) in [6, 6.07) is 21.0. The van der Waals surface area contributed by atoms with Crippen LogP contribution >= 0.6 is 0 Å². The predicted molar refractivity (Wildman–Crippen MR) is 103 cm³/mol. The standard InChI is InChI=1S/C22H25NO2/c1-17-7-3-4-9-19(17)16-25-22-12-11-18-8-5-6-10-20(18)21(22)15-23-13-14-24-2/h3-12,23H,13-16H2,1-2H3. The molecule has 0 saturated carbocycles. The molecule has 3 heteroatoms. The second-order valence-electron chi connectivity index (χ2n) is 6.15. The van der Waals surface area contributed by atoms with Gasteiger partial charge in [0.05, 0.1) is 6.61 Å². The van der Waals surface area contributed by atoms with E-state index in [2.05, 4.69) is 72.9 Å². The number of benzene rings is 3. The zero-order valence-corrected chi connectivity index (χ0v) is 14.9. The van der Waals surface area contributed by atoms with Crippen molar-refractivity contribution in [1.82, 2.24) is 5.32 Å². The summed E-state index contributed by atoms with van der Waals surface area (Å²) in [7, 11) is 1.72. The quantitative estimate of drug-likeness (QED) is 0.616. The van der Waals surface area contributed by atoms with Crippen molar-refractivity contribution >= 4 is 10.8 Å². The van der Waals surface area contributed by atoms with Crippen molar-refractivity contribution in [3.8, 4) is 5.75 Å². The van der Waals surface area contributed by atoms with Crippen molar-refractivity contribution in [2.24, 2.45) is 0 Å². The lowest BCUT2D eigenvalue weighted by atomic mass is 10.0. The van der Waals surface area contributed by atoms with Crippen LogP contribution in [-0.2, 0) is 17.9 Å². The lowest BCUT2D eigenvalue weighted by molar-refractivity contribution is 0.199. The van der Waals surface area contributed by atoms with Gasteiger partial charge in [-0.05, 0) is 34.9 Å². The zero-order valence-electron chi connectivity index (χ0n) is 14.9. The Balaban J connectivity index is 1.84. The van der Waals surface area contributed by atoms with Crippen LogP contribution in [0, 0.1) is 6.92 Å². The van der Waals surface area contributed by atoms with E-state index in [9.17, 15) is 0 Å². The van der Waals surface area contributed by atoms with Crippen LogP contribution in [0.2, 0.25) is 0 Å². The summed E-state index contributed by atoms with van der Waals surface area (Å²) in [5, 5.41) is 5.90. The maximum atomic E-state index is 6.20. The van der Waals surface area contributed by atoms with Gasteiger partial charge in [0.2, 0.25) is 0 Å². The average molecular weight is 335 g/mol. The number of hydrogen-bond donors (Lipinski definition) is 1. The molecule has 0 atom stereocenters. The van der Waals surface area contributed by atoms with E-state index in [1.165, 1.54) is 27.5 Å². The molecule has 3 rings (SSSR count). The third-order valence-electron chi connectivity index (χ3n) is 4.43. The molecule has 0 aliphatic rings. The van der Waals surface area contributed by atoms with Crippen LogP contribution in [0.4, 0.5) is 0 Å². The summed E-state index contributed by atoms with van der Waals surface area (Å²) in [5.74, 6) is 0.937. The summed E-state index contributed by atoms with van der Waals surface area (Å²) in [5.41, 5.74) is 3.67. The van der Waals surface area contributed by atoms with E-state index in [0.29, 0.717) is 13.2 Å². The molecule has 0 unspecified atom stereocenters. The third kappa shape index (κ3) is 4.38. The van der Waals surface area contributed by atoms with Crippen molar-refractivity contribution in [2.75, 3.05) is 20.3 Å². The number of hydrogen-bond acceptors (Lipinski definition) is 3. The molecule has 0 amide bonds. The van der Waals surface area contributed by atoms with Gasteiger partial charge in [0.15, 0.2) is 0 Å². The van der Waals surface area contributed by atoms with E-state index in [4.69, 9.17) is 9.47 Å². The Hall–Kier alpha value is -2.36. The van der Waals surface area contributed by atoms with Gasteiger partial charge in [-0.25, -0.2) is 0 Å². The minimum absolute atomic E-state index is 0.579. The monoisotopic (exact) mass is 335 g/mol. The summed E-state index contributed by atoms with van der Waals surface area (Å²) in [4.78, 5) is 0. The lowest BCUT2D eigenvalue weighted by Gasteiger charge is -2.16. The number of aryl methyl sites for hydroxylation is 1. The van der Waals surface area contributed by atoms with E-state index < -0.39 is 0 Å². The molecule has 0 saturated heterocycles. The summed E-state index contributed by atoms with van der Waals surface area (Å²) < 4.78 is 11.3. The smallest absolute Gasteiger partial charge is 0.124 e. The Morgan fingerprint density at radius 3 is 2.56 bits per heavy atom. The first-order chi connectivity index (χ1) is 12.3. The summed E-state index contributed by atoms with van der Waals surface area (Å²) >= 11 is 0. The Bertz CT molecular complexity index is 829. The van der Waals surface area contributed by atoms with Gasteiger partial charge >= 0.3 is 0 Å². The fourth-order valence-corrected chi connectivity index (χ4v) is 2.95. The fraction of sp³-hybridized carbons (Fsp3) is 0.273. The summed E-state index contributed by atoms with van der Waals surface area (Å²) in [6.07, 6.45) is 0. The molecule has 0 spiro atoms. The third-order valence-corrected chi connectivity index (χ3v) is 4.43. The van der Waals surface area contributed by atoms with Gasteiger partial charge in [-0.3, -0.25) is 0 Å².